The summed E-state index contributed by atoms with van der Waals surface area (Å²) >= 11 is 0. The summed E-state index contributed by atoms with van der Waals surface area (Å²) in [6.45, 7) is 1.61. The number of hydrogen-bond acceptors (Lipinski definition) is 2. The topological polar surface area (TPSA) is 30.0 Å². The summed E-state index contributed by atoms with van der Waals surface area (Å²) in [6.07, 6.45) is 2.36. The van der Waals surface area contributed by atoms with Crippen LogP contribution in [0.3, 0.4) is 0 Å². The van der Waals surface area contributed by atoms with Crippen LogP contribution in [-0.2, 0) is 4.79 Å². The van der Waals surface area contributed by atoms with Crippen molar-refractivity contribution in [2.75, 3.05) is 5.75 Å². The maximum atomic E-state index is 10.7. The van der Waals surface area contributed by atoms with Gasteiger partial charge in [-0.2, -0.15) is 0 Å². The van der Waals surface area contributed by atoms with Crippen LogP contribution < -0.4 is 0 Å². The van der Waals surface area contributed by atoms with E-state index in [1.165, 1.54) is 0 Å². The molecule has 0 fully saturated rings. The largest absolute Gasteiger partial charge is 0.300 e. The van der Waals surface area contributed by atoms with Gasteiger partial charge < -0.3 is 0 Å². The molecule has 0 radical (unpaired) electrons. The van der Waals surface area contributed by atoms with E-state index in [2.05, 4.69) is 10.9 Å². The summed E-state index contributed by atoms with van der Waals surface area (Å²) < 4.78 is 0. The summed E-state index contributed by atoms with van der Waals surface area (Å²) in [7, 11) is -0.136. The SMILES string of the molecule is C=S(CCC(C)=O)c1ccccn1. The first kappa shape index (κ1) is 10.1. The minimum Gasteiger partial charge on any atom is -0.300 e. The van der Waals surface area contributed by atoms with E-state index in [9.17, 15) is 4.79 Å². The number of aromatic nitrogens is 1. The molecule has 0 saturated heterocycles. The van der Waals surface area contributed by atoms with E-state index in [4.69, 9.17) is 0 Å². The van der Waals surface area contributed by atoms with Crippen molar-refractivity contribution in [1.29, 1.82) is 0 Å². The van der Waals surface area contributed by atoms with Crippen LogP contribution >= 0.6 is 10.5 Å². The Kier molecular flexibility index (Phi) is 3.83. The van der Waals surface area contributed by atoms with Gasteiger partial charge in [0.15, 0.2) is 0 Å². The molecule has 1 heterocycles. The number of carbonyl (C=O) groups is 1. The van der Waals surface area contributed by atoms with E-state index in [1.54, 1.807) is 13.1 Å². The molecule has 1 aromatic heterocycles. The molecular weight excluding hydrogens is 182 g/mol. The van der Waals surface area contributed by atoms with Gasteiger partial charge in [-0.05, 0) is 19.1 Å². The second kappa shape index (κ2) is 4.92. The minimum atomic E-state index is -0.136. The van der Waals surface area contributed by atoms with Crippen molar-refractivity contribution in [3.8, 4) is 0 Å². The maximum absolute atomic E-state index is 10.7. The molecule has 0 aliphatic carbocycles. The third kappa shape index (κ3) is 3.51. The molecule has 1 atom stereocenters. The Balaban J connectivity index is 2.54. The molecule has 0 aliphatic heterocycles. The number of rotatable bonds is 4. The lowest BCUT2D eigenvalue weighted by Crippen LogP contribution is -1.94. The van der Waals surface area contributed by atoms with Gasteiger partial charge >= 0.3 is 0 Å². The van der Waals surface area contributed by atoms with Gasteiger partial charge in [0.25, 0.3) is 0 Å². The van der Waals surface area contributed by atoms with Crippen LogP contribution in [0.4, 0.5) is 0 Å². The Bertz CT molecular complexity index is 308. The molecular formula is C10H13NOS. The number of Topliss-reactive ketones (excluding diaryl/α,β-unsaturated/α-hetero) is 1. The number of ketones is 1. The molecule has 0 saturated carbocycles. The second-order valence-electron chi connectivity index (χ2n) is 2.82. The van der Waals surface area contributed by atoms with Crippen molar-refractivity contribution in [1.82, 2.24) is 4.98 Å². The van der Waals surface area contributed by atoms with Crippen molar-refractivity contribution >= 4 is 22.1 Å². The average molecular weight is 195 g/mol. The smallest absolute Gasteiger partial charge is 0.130 e. The van der Waals surface area contributed by atoms with E-state index in [0.717, 1.165) is 10.8 Å². The van der Waals surface area contributed by atoms with E-state index in [0.29, 0.717) is 6.42 Å². The molecule has 1 rings (SSSR count). The van der Waals surface area contributed by atoms with Gasteiger partial charge in [-0.3, -0.25) is 9.78 Å². The second-order valence-corrected chi connectivity index (χ2v) is 4.63. The highest BCUT2D eigenvalue weighted by Gasteiger charge is 1.99. The molecule has 0 spiro atoms. The molecule has 1 unspecified atom stereocenters. The fraction of sp³-hybridized carbons (Fsp3) is 0.300. The van der Waals surface area contributed by atoms with E-state index < -0.39 is 0 Å². The maximum Gasteiger partial charge on any atom is 0.130 e. The molecule has 0 amide bonds. The van der Waals surface area contributed by atoms with Gasteiger partial charge in [0.2, 0.25) is 0 Å². The van der Waals surface area contributed by atoms with Crippen LogP contribution in [0.5, 0.6) is 0 Å². The number of nitrogens with zero attached hydrogens (tertiary/aromatic N) is 1. The number of carbonyl (C=O) groups excluding carboxylic acids is 1. The lowest BCUT2D eigenvalue weighted by molar-refractivity contribution is -0.116. The van der Waals surface area contributed by atoms with Crippen LogP contribution in [0.2, 0.25) is 0 Å². The zero-order chi connectivity index (χ0) is 9.68. The minimum absolute atomic E-state index is 0.136. The molecule has 0 N–H and O–H groups in total. The molecule has 13 heavy (non-hydrogen) atoms. The van der Waals surface area contributed by atoms with Crippen molar-refractivity contribution in [3.05, 3.63) is 24.4 Å². The van der Waals surface area contributed by atoms with Crippen LogP contribution in [-0.4, -0.2) is 22.4 Å². The average Bonchev–Trinajstić information content (AvgIpc) is 2.15. The summed E-state index contributed by atoms with van der Waals surface area (Å²) in [5.74, 6) is 5.02. The third-order valence-corrected chi connectivity index (χ3v) is 3.16. The van der Waals surface area contributed by atoms with Crippen LogP contribution in [0.1, 0.15) is 13.3 Å². The molecule has 2 nitrogen and oxygen atoms in total. The van der Waals surface area contributed by atoms with Gasteiger partial charge in [0.1, 0.15) is 5.78 Å². The predicted molar refractivity (Wildman–Crippen MR) is 57.4 cm³/mol. The lowest BCUT2D eigenvalue weighted by atomic mass is 10.4. The van der Waals surface area contributed by atoms with Crippen LogP contribution in [0.25, 0.3) is 0 Å². The summed E-state index contributed by atoms with van der Waals surface area (Å²) in [5.41, 5.74) is 0. The first-order valence-electron chi connectivity index (χ1n) is 4.11. The first-order valence-corrected chi connectivity index (χ1v) is 5.67. The monoisotopic (exact) mass is 195 g/mol. The van der Waals surface area contributed by atoms with Gasteiger partial charge in [-0.15, -0.1) is 10.5 Å². The fourth-order valence-corrected chi connectivity index (χ4v) is 2.11. The van der Waals surface area contributed by atoms with Gasteiger partial charge in [-0.1, -0.05) is 11.9 Å². The molecule has 3 heteroatoms. The van der Waals surface area contributed by atoms with Crippen molar-refractivity contribution in [3.63, 3.8) is 0 Å². The Hall–Kier alpha value is -0.960. The summed E-state index contributed by atoms with van der Waals surface area (Å²) in [6, 6.07) is 5.78. The first-order chi connectivity index (χ1) is 6.20. The fourth-order valence-electron chi connectivity index (χ4n) is 0.889. The molecule has 0 bridgehead atoms. The normalized spacial score (nSPS) is 12.4. The highest BCUT2D eigenvalue weighted by molar-refractivity contribution is 8.14. The third-order valence-electron chi connectivity index (χ3n) is 1.63. The lowest BCUT2D eigenvalue weighted by Gasteiger charge is -2.03. The van der Waals surface area contributed by atoms with Gasteiger partial charge in [-0.25, -0.2) is 0 Å². The predicted octanol–water partition coefficient (Wildman–Crippen LogP) is 2.12. The highest BCUT2D eigenvalue weighted by Crippen LogP contribution is 2.21. The number of hydrogen-bond donors (Lipinski definition) is 0. The van der Waals surface area contributed by atoms with Crippen molar-refractivity contribution < 1.29 is 4.79 Å². The quantitative estimate of drug-likeness (QED) is 0.689. The van der Waals surface area contributed by atoms with Crippen LogP contribution in [0, 0.1) is 0 Å². The Morgan fingerprint density at radius 3 is 2.92 bits per heavy atom. The Labute approximate surface area is 80.9 Å². The molecule has 1 aromatic rings. The molecule has 70 valence electrons. The molecule has 0 aromatic carbocycles. The van der Waals surface area contributed by atoms with Crippen LogP contribution in [0.15, 0.2) is 29.4 Å². The highest BCUT2D eigenvalue weighted by atomic mass is 32.2. The zero-order valence-electron chi connectivity index (χ0n) is 7.69. The van der Waals surface area contributed by atoms with Gasteiger partial charge in [0, 0.05) is 18.4 Å². The number of pyridine rings is 1. The summed E-state index contributed by atoms with van der Waals surface area (Å²) in [4.78, 5) is 14.9. The van der Waals surface area contributed by atoms with E-state index >= 15 is 0 Å². The van der Waals surface area contributed by atoms with Gasteiger partial charge in [0.05, 0.1) is 5.03 Å². The Morgan fingerprint density at radius 2 is 2.38 bits per heavy atom. The van der Waals surface area contributed by atoms with E-state index in [1.807, 2.05) is 18.2 Å². The summed E-state index contributed by atoms with van der Waals surface area (Å²) in [5, 5.41) is 0.990. The van der Waals surface area contributed by atoms with Crippen molar-refractivity contribution in [2.24, 2.45) is 0 Å². The van der Waals surface area contributed by atoms with Crippen molar-refractivity contribution in [2.45, 2.75) is 18.4 Å². The standard InChI is InChI=1S/C10H13NOS/c1-9(12)6-8-13(2)10-5-3-4-7-11-10/h3-5,7H,2,6,8H2,1H3. The molecule has 0 aliphatic rings. The zero-order valence-corrected chi connectivity index (χ0v) is 8.51. The Morgan fingerprint density at radius 1 is 1.62 bits per heavy atom. The van der Waals surface area contributed by atoms with E-state index in [-0.39, 0.29) is 16.3 Å².